The molecule has 0 aromatic rings. The molecule has 210 valence electrons. The Morgan fingerprint density at radius 2 is 0.571 bits per heavy atom. The summed E-state index contributed by atoms with van der Waals surface area (Å²) in [5, 5.41) is -13.6. The maximum absolute atomic E-state index is 12.3. The van der Waals surface area contributed by atoms with E-state index >= 15 is 0 Å². The molecule has 0 amide bonds. The van der Waals surface area contributed by atoms with Crippen molar-refractivity contribution in [3.8, 4) is 0 Å². The van der Waals surface area contributed by atoms with Crippen LogP contribution in [0.2, 0.25) is 0 Å². The van der Waals surface area contributed by atoms with Crippen LogP contribution in [0.3, 0.4) is 0 Å². The minimum atomic E-state index is -7.27. The van der Waals surface area contributed by atoms with E-state index in [0.29, 0.717) is 0 Å². The van der Waals surface area contributed by atoms with Crippen molar-refractivity contribution >= 4 is 71.4 Å². The standard InChI is InChI=1S/2C4H2F9NO2S.K.H/c2*5-1(6,3(9,10)11)2(7,8)4(12,13)17(14,15)16;;/h2*(H2,14,15,16);;. The maximum atomic E-state index is 12.3. The number of alkyl halides is 18. The summed E-state index contributed by atoms with van der Waals surface area (Å²) in [6, 6.07) is 0. The molecule has 0 heterocycles. The Morgan fingerprint density at radius 3 is 0.657 bits per heavy atom. The molecule has 0 spiro atoms. The molecular formula is C8H5F18KN2O4S2. The van der Waals surface area contributed by atoms with Crippen LogP contribution in [0.5, 0.6) is 0 Å². The Hall–Kier alpha value is 0.196. The van der Waals surface area contributed by atoms with E-state index in [1.165, 1.54) is 0 Å². The van der Waals surface area contributed by atoms with Gasteiger partial charge in [0, 0.05) is 0 Å². The summed E-state index contributed by atoms with van der Waals surface area (Å²) in [5.74, 6) is -29.0. The Kier molecular flexibility index (Phi) is 11.8. The first-order chi connectivity index (χ1) is 14.0. The molecule has 0 bridgehead atoms. The van der Waals surface area contributed by atoms with Crippen molar-refractivity contribution < 1.29 is 96.6 Å². The van der Waals surface area contributed by atoms with Crippen molar-refractivity contribution in [2.24, 2.45) is 0 Å². The summed E-state index contributed by atoms with van der Waals surface area (Å²) >= 11 is 0. The average Bonchev–Trinajstić information content (AvgIpc) is 2.50. The van der Waals surface area contributed by atoms with Crippen molar-refractivity contribution in [2.75, 3.05) is 0 Å². The average molecular weight is 638 g/mol. The van der Waals surface area contributed by atoms with Gasteiger partial charge in [0.1, 0.15) is 0 Å². The van der Waals surface area contributed by atoms with Crippen LogP contribution in [-0.4, -0.2) is 115 Å². The van der Waals surface area contributed by atoms with Gasteiger partial charge in [-0.15, -0.1) is 0 Å². The zero-order chi connectivity index (χ0) is 29.0. The molecule has 0 radical (unpaired) electrons. The quantitative estimate of drug-likeness (QED) is 0.236. The Bertz CT molecular complexity index is 876. The monoisotopic (exact) mass is 638 g/mol. The fraction of sp³-hybridized carbons (Fsp3) is 1.00. The zero-order valence-corrected chi connectivity index (χ0v) is 16.0. The van der Waals surface area contributed by atoms with E-state index in [-0.39, 0.29) is 51.4 Å². The third kappa shape index (κ3) is 6.80. The number of hydrogen-bond acceptors (Lipinski definition) is 4. The topological polar surface area (TPSA) is 122 Å². The van der Waals surface area contributed by atoms with E-state index in [1.807, 2.05) is 0 Å². The molecule has 0 rings (SSSR count). The third-order valence-corrected chi connectivity index (χ3v) is 4.83. The normalized spacial score (nSPS) is 18.4. The van der Waals surface area contributed by atoms with Crippen LogP contribution < -0.4 is 0 Å². The SMILES string of the molecule is N=S(=O)(O)C(F)(F)C(F)(F)C(F)(F)C(F)(F)F.N=S(=O)(O)C(F)(F)C(F)(F)C(F)(F)C(F)(F)F.[KH]. The first kappa shape index (κ1) is 39.7. The predicted molar refractivity (Wildman–Crippen MR) is 75.9 cm³/mol. The molecule has 0 aromatic carbocycles. The van der Waals surface area contributed by atoms with E-state index in [0.717, 1.165) is 0 Å². The Labute approximate surface area is 222 Å². The van der Waals surface area contributed by atoms with Gasteiger partial charge in [-0.25, -0.2) is 18.0 Å². The summed E-state index contributed by atoms with van der Waals surface area (Å²) in [6.45, 7) is 0. The van der Waals surface area contributed by atoms with Crippen LogP contribution in [0.4, 0.5) is 79.0 Å². The molecular weight excluding hydrogens is 633 g/mol. The van der Waals surface area contributed by atoms with Gasteiger partial charge in [-0.1, -0.05) is 0 Å². The van der Waals surface area contributed by atoms with Gasteiger partial charge < -0.3 is 0 Å². The van der Waals surface area contributed by atoms with Crippen molar-refractivity contribution in [1.29, 1.82) is 9.56 Å². The number of hydrogen-bond donors (Lipinski definition) is 4. The van der Waals surface area contributed by atoms with Crippen molar-refractivity contribution in [3.63, 3.8) is 0 Å². The second-order valence-corrected chi connectivity index (χ2v) is 8.51. The van der Waals surface area contributed by atoms with Gasteiger partial charge >= 0.3 is 97.9 Å². The molecule has 0 fully saturated rings. The number of halogens is 18. The Morgan fingerprint density at radius 1 is 0.429 bits per heavy atom. The van der Waals surface area contributed by atoms with E-state index in [9.17, 15) is 87.4 Å². The molecule has 0 saturated carbocycles. The van der Waals surface area contributed by atoms with E-state index < -0.39 is 66.6 Å². The molecule has 0 aliphatic heterocycles. The molecule has 4 N–H and O–H groups in total. The fourth-order valence-corrected chi connectivity index (χ4v) is 2.02. The van der Waals surface area contributed by atoms with Gasteiger partial charge in [-0.2, -0.15) is 79.0 Å². The van der Waals surface area contributed by atoms with Crippen LogP contribution in [0.1, 0.15) is 0 Å². The molecule has 2 unspecified atom stereocenters. The van der Waals surface area contributed by atoms with Crippen LogP contribution in [-0.2, 0) is 20.0 Å². The van der Waals surface area contributed by atoms with E-state index in [1.54, 1.807) is 0 Å². The first-order valence-corrected chi connectivity index (χ1v) is 9.45. The summed E-state index contributed by atoms with van der Waals surface area (Å²) in [4.78, 5) is 0. The van der Waals surface area contributed by atoms with E-state index in [2.05, 4.69) is 0 Å². The van der Waals surface area contributed by atoms with Crippen LogP contribution in [0, 0.1) is 9.56 Å². The molecule has 0 aliphatic rings. The van der Waals surface area contributed by atoms with Gasteiger partial charge in [0.05, 0.1) is 0 Å². The van der Waals surface area contributed by atoms with Gasteiger partial charge in [0.2, 0.25) is 20.0 Å². The van der Waals surface area contributed by atoms with E-state index in [4.69, 9.17) is 18.7 Å². The Balaban J connectivity index is -0.000000569. The molecule has 2 atom stereocenters. The summed E-state index contributed by atoms with van der Waals surface area (Å²) in [7, 11) is -13.3. The molecule has 0 aromatic heterocycles. The van der Waals surface area contributed by atoms with Crippen molar-refractivity contribution in [1.82, 2.24) is 0 Å². The summed E-state index contributed by atoms with van der Waals surface area (Å²) < 4.78 is 262. The fourth-order valence-electron chi connectivity index (χ4n) is 1.07. The summed E-state index contributed by atoms with van der Waals surface area (Å²) in [5.41, 5.74) is 0. The van der Waals surface area contributed by atoms with Crippen LogP contribution in [0.15, 0.2) is 0 Å². The summed E-state index contributed by atoms with van der Waals surface area (Å²) in [6.07, 6.45) is -14.2. The predicted octanol–water partition coefficient (Wildman–Crippen LogP) is 5.22. The molecule has 27 heteroatoms. The molecule has 6 nitrogen and oxygen atoms in total. The third-order valence-electron chi connectivity index (χ3n) is 2.93. The van der Waals surface area contributed by atoms with Crippen LogP contribution >= 0.6 is 0 Å². The van der Waals surface area contributed by atoms with Crippen LogP contribution in [0.25, 0.3) is 0 Å². The number of rotatable bonds is 6. The van der Waals surface area contributed by atoms with Crippen molar-refractivity contribution in [2.45, 2.75) is 46.6 Å². The van der Waals surface area contributed by atoms with Gasteiger partial charge in [0.25, 0.3) is 0 Å². The zero-order valence-electron chi connectivity index (χ0n) is 14.3. The second kappa shape index (κ2) is 10.4. The van der Waals surface area contributed by atoms with Gasteiger partial charge in [0.15, 0.2) is 0 Å². The minimum absolute atomic E-state index is 0. The van der Waals surface area contributed by atoms with Gasteiger partial charge in [-0.05, 0) is 0 Å². The molecule has 0 aliphatic carbocycles. The van der Waals surface area contributed by atoms with Gasteiger partial charge in [-0.3, -0.25) is 9.11 Å². The number of nitrogens with one attached hydrogen (secondary N) is 2. The second-order valence-electron chi connectivity index (χ2n) is 5.38. The van der Waals surface area contributed by atoms with Crippen molar-refractivity contribution in [3.05, 3.63) is 0 Å². The molecule has 0 saturated heterocycles. The first-order valence-electron chi connectivity index (χ1n) is 6.42. The molecule has 35 heavy (non-hydrogen) atoms.